The molecule has 3 amide bonds. The molecular weight excluding hydrogens is 609 g/mol. The van der Waals surface area contributed by atoms with Crippen LogP contribution in [0.3, 0.4) is 0 Å². The maximum absolute atomic E-state index is 14.0. The molecule has 13 heteroatoms. The van der Waals surface area contributed by atoms with Crippen LogP contribution in [0.2, 0.25) is 0 Å². The maximum Gasteiger partial charge on any atom is 0.338 e. The van der Waals surface area contributed by atoms with Gasteiger partial charge in [-0.2, -0.15) is 0 Å². The SMILES string of the molecule is CCOC(=O)c1ccc(N2C(=O)C3Sc4c(sc(=O)n4CC(=O)Nc4ccc(F)cc4)[C@@H](c4ccc(O)cc4)C3C2=O)cc1. The van der Waals surface area contributed by atoms with Crippen molar-refractivity contribution in [3.8, 4) is 5.75 Å². The van der Waals surface area contributed by atoms with E-state index in [1.807, 2.05) is 0 Å². The Morgan fingerprint density at radius 2 is 1.64 bits per heavy atom. The highest BCUT2D eigenvalue weighted by Crippen LogP contribution is 2.54. The molecule has 0 radical (unpaired) electrons. The molecule has 3 heterocycles. The Morgan fingerprint density at radius 1 is 0.955 bits per heavy atom. The smallest absolute Gasteiger partial charge is 0.338 e. The lowest BCUT2D eigenvalue weighted by molar-refractivity contribution is -0.122. The molecule has 2 aliphatic rings. The topological polar surface area (TPSA) is 135 Å². The third-order valence-corrected chi connectivity index (χ3v) is 9.97. The molecular formula is C31H24FN3O7S2. The van der Waals surface area contributed by atoms with Crippen molar-refractivity contribution in [3.63, 3.8) is 0 Å². The fourth-order valence-corrected chi connectivity index (χ4v) is 8.16. The van der Waals surface area contributed by atoms with Gasteiger partial charge in [0.1, 0.15) is 23.4 Å². The van der Waals surface area contributed by atoms with Crippen LogP contribution in [-0.2, 0) is 25.7 Å². The second-order valence-electron chi connectivity index (χ2n) is 10.1. The number of esters is 1. The average molecular weight is 634 g/mol. The molecule has 10 nitrogen and oxygen atoms in total. The van der Waals surface area contributed by atoms with E-state index >= 15 is 0 Å². The lowest BCUT2D eigenvalue weighted by Gasteiger charge is -2.30. The van der Waals surface area contributed by atoms with Crippen molar-refractivity contribution in [1.82, 2.24) is 4.57 Å². The highest BCUT2D eigenvalue weighted by Gasteiger charge is 2.56. The minimum absolute atomic E-state index is 0.0103. The van der Waals surface area contributed by atoms with Gasteiger partial charge in [0.25, 0.3) is 0 Å². The summed E-state index contributed by atoms with van der Waals surface area (Å²) in [5, 5.41) is 12.0. The van der Waals surface area contributed by atoms with E-state index in [4.69, 9.17) is 4.74 Å². The summed E-state index contributed by atoms with van der Waals surface area (Å²) in [4.78, 5) is 67.4. The second-order valence-corrected chi connectivity index (χ2v) is 12.2. The van der Waals surface area contributed by atoms with Gasteiger partial charge in [0.05, 0.1) is 28.8 Å². The number of nitrogens with one attached hydrogen (secondary N) is 1. The molecule has 0 aliphatic carbocycles. The number of hydrogen-bond donors (Lipinski definition) is 2. The molecule has 4 aromatic rings. The largest absolute Gasteiger partial charge is 0.508 e. The zero-order valence-corrected chi connectivity index (χ0v) is 24.7. The van der Waals surface area contributed by atoms with E-state index < -0.39 is 51.5 Å². The number of carbonyl (C=O) groups is 4. The summed E-state index contributed by atoms with van der Waals surface area (Å²) in [5.41, 5.74) is 1.52. The Hall–Kier alpha value is -4.75. The van der Waals surface area contributed by atoms with Crippen molar-refractivity contribution < 1.29 is 33.4 Å². The first-order valence-electron chi connectivity index (χ1n) is 13.6. The number of ether oxygens (including phenoxy) is 1. The van der Waals surface area contributed by atoms with Crippen molar-refractivity contribution in [3.05, 3.63) is 104 Å². The average Bonchev–Trinajstić information content (AvgIpc) is 3.45. The van der Waals surface area contributed by atoms with Crippen LogP contribution in [0, 0.1) is 11.7 Å². The Labute approximate surface area is 258 Å². The van der Waals surface area contributed by atoms with Crippen molar-refractivity contribution >= 4 is 58.2 Å². The second kappa shape index (κ2) is 11.7. The fourth-order valence-electron chi connectivity index (χ4n) is 5.39. The van der Waals surface area contributed by atoms with E-state index in [1.165, 1.54) is 65.2 Å². The molecule has 3 atom stereocenters. The number of amides is 3. The third-order valence-electron chi connectivity index (χ3n) is 7.37. The summed E-state index contributed by atoms with van der Waals surface area (Å²) in [6, 6.07) is 17.4. The summed E-state index contributed by atoms with van der Waals surface area (Å²) in [6.07, 6.45) is 0. The number of anilines is 2. The van der Waals surface area contributed by atoms with Crippen molar-refractivity contribution in [1.29, 1.82) is 0 Å². The van der Waals surface area contributed by atoms with Crippen molar-refractivity contribution in [2.24, 2.45) is 5.92 Å². The van der Waals surface area contributed by atoms with Gasteiger partial charge in [-0.25, -0.2) is 14.1 Å². The standard InChI is InChI=1S/C31H24FN3O7S2/c1-2-42-30(40)17-3-11-20(12-4-17)35-27(38)24-23(16-5-13-21(36)14-6-16)26-29(43-25(24)28(35)39)34(31(41)44-26)15-22(37)33-19-9-7-18(32)8-10-19/h3-14,23-25,36H,2,15H2,1H3,(H,33,37)/t23-,24?,25?/m0/s1. The number of thiazole rings is 1. The van der Waals surface area contributed by atoms with Crippen molar-refractivity contribution in [2.75, 3.05) is 16.8 Å². The number of phenolic OH excluding ortho intramolecular Hbond substituents is 1. The Balaban J connectivity index is 1.36. The van der Waals surface area contributed by atoms with Gasteiger partial charge in [0.2, 0.25) is 17.7 Å². The van der Waals surface area contributed by atoms with Crippen LogP contribution in [-0.4, -0.2) is 45.2 Å². The Kier molecular flexibility index (Phi) is 7.82. The van der Waals surface area contributed by atoms with Gasteiger partial charge in [0.15, 0.2) is 0 Å². The number of fused-ring (bicyclic) bond motifs is 2. The first kappa shape index (κ1) is 29.3. The molecule has 0 saturated carbocycles. The molecule has 1 fully saturated rings. The number of benzene rings is 3. The lowest BCUT2D eigenvalue weighted by atomic mass is 9.83. The zero-order chi connectivity index (χ0) is 31.1. The molecule has 2 unspecified atom stereocenters. The minimum atomic E-state index is -0.918. The number of aromatic hydroxyl groups is 1. The van der Waals surface area contributed by atoms with Gasteiger partial charge in [0, 0.05) is 16.5 Å². The molecule has 224 valence electrons. The van der Waals surface area contributed by atoms with Crippen LogP contribution in [0.15, 0.2) is 82.6 Å². The van der Waals surface area contributed by atoms with Crippen LogP contribution in [0.4, 0.5) is 15.8 Å². The van der Waals surface area contributed by atoms with Gasteiger partial charge in [-0.1, -0.05) is 35.2 Å². The number of rotatable bonds is 7. The Bertz CT molecular complexity index is 1840. The summed E-state index contributed by atoms with van der Waals surface area (Å²) < 4.78 is 19.6. The van der Waals surface area contributed by atoms with Crippen LogP contribution in [0.5, 0.6) is 5.75 Å². The molecule has 1 aromatic heterocycles. The predicted molar refractivity (Wildman–Crippen MR) is 162 cm³/mol. The third kappa shape index (κ3) is 5.28. The van der Waals surface area contributed by atoms with E-state index in [2.05, 4.69) is 5.32 Å². The molecule has 1 saturated heterocycles. The predicted octanol–water partition coefficient (Wildman–Crippen LogP) is 4.37. The number of thioether (sulfide) groups is 1. The highest BCUT2D eigenvalue weighted by atomic mass is 32.2. The number of halogens is 1. The van der Waals surface area contributed by atoms with Crippen LogP contribution in [0.1, 0.15) is 33.6 Å². The molecule has 3 aromatic carbocycles. The summed E-state index contributed by atoms with van der Waals surface area (Å²) >= 11 is 1.95. The molecule has 6 rings (SSSR count). The first-order valence-corrected chi connectivity index (χ1v) is 15.3. The maximum atomic E-state index is 14.0. The number of hydrogen-bond acceptors (Lipinski definition) is 9. The number of imide groups is 1. The highest BCUT2D eigenvalue weighted by molar-refractivity contribution is 8.00. The van der Waals surface area contributed by atoms with E-state index in [1.54, 1.807) is 19.1 Å². The van der Waals surface area contributed by atoms with Crippen molar-refractivity contribution in [2.45, 2.75) is 29.7 Å². The minimum Gasteiger partial charge on any atom is -0.508 e. The van der Waals surface area contributed by atoms with E-state index in [-0.39, 0.29) is 30.2 Å². The number of phenols is 1. The first-order chi connectivity index (χ1) is 21.2. The van der Waals surface area contributed by atoms with Gasteiger partial charge in [-0.3, -0.25) is 23.7 Å². The molecule has 0 spiro atoms. The van der Waals surface area contributed by atoms with Gasteiger partial charge >= 0.3 is 10.8 Å². The number of nitrogens with zero attached hydrogens (tertiary/aromatic N) is 2. The summed E-state index contributed by atoms with van der Waals surface area (Å²) in [6.45, 7) is 1.52. The number of aromatic nitrogens is 1. The van der Waals surface area contributed by atoms with Gasteiger partial charge in [-0.05, 0) is 73.2 Å². The molecule has 2 aliphatic heterocycles. The molecule has 44 heavy (non-hydrogen) atoms. The molecule has 2 N–H and O–H groups in total. The quantitative estimate of drug-likeness (QED) is 0.226. The van der Waals surface area contributed by atoms with Gasteiger partial charge < -0.3 is 15.2 Å². The number of carbonyl (C=O) groups excluding carboxylic acids is 4. The lowest BCUT2D eigenvalue weighted by Crippen LogP contribution is -2.33. The fraction of sp³-hybridized carbons (Fsp3) is 0.194. The van der Waals surface area contributed by atoms with E-state index in [0.29, 0.717) is 21.2 Å². The van der Waals surface area contributed by atoms with E-state index in [9.17, 15) is 33.5 Å². The summed E-state index contributed by atoms with van der Waals surface area (Å²) in [7, 11) is 0. The van der Waals surface area contributed by atoms with E-state index in [0.717, 1.165) is 28.0 Å². The Morgan fingerprint density at radius 3 is 2.30 bits per heavy atom. The molecule has 0 bridgehead atoms. The van der Waals surface area contributed by atoms with Crippen LogP contribution in [0.25, 0.3) is 0 Å². The normalized spacial score (nSPS) is 19.0. The van der Waals surface area contributed by atoms with Gasteiger partial charge in [-0.15, -0.1) is 0 Å². The monoisotopic (exact) mass is 633 g/mol. The summed E-state index contributed by atoms with van der Waals surface area (Å²) in [5.74, 6) is -4.06. The van der Waals surface area contributed by atoms with Crippen LogP contribution < -0.4 is 15.1 Å². The zero-order valence-electron chi connectivity index (χ0n) is 23.1. The van der Waals surface area contributed by atoms with Crippen LogP contribution >= 0.6 is 23.1 Å².